The molecule has 0 spiro atoms. The topological polar surface area (TPSA) is 73.8 Å². The Morgan fingerprint density at radius 3 is 2.66 bits per heavy atom. The number of amides is 1. The number of aryl methyl sites for hydroxylation is 1. The molecule has 3 heterocycles. The van der Waals surface area contributed by atoms with Crippen LogP contribution in [-0.4, -0.2) is 54.3 Å². The predicted octanol–water partition coefficient (Wildman–Crippen LogP) is 2.89. The van der Waals surface area contributed by atoms with Crippen molar-refractivity contribution in [3.63, 3.8) is 0 Å². The Bertz CT molecular complexity index is 1010. The highest BCUT2D eigenvalue weighted by molar-refractivity contribution is 7.89. The molecule has 29 heavy (non-hydrogen) atoms. The lowest BCUT2D eigenvalue weighted by Gasteiger charge is -2.38. The summed E-state index contributed by atoms with van der Waals surface area (Å²) in [6.45, 7) is 4.61. The summed E-state index contributed by atoms with van der Waals surface area (Å²) in [7, 11) is -3.80. The first-order valence-corrected chi connectivity index (χ1v) is 11.4. The molecule has 0 aliphatic carbocycles. The molecule has 2 aromatic rings. The van der Waals surface area contributed by atoms with Crippen LogP contribution in [0.25, 0.3) is 0 Å². The van der Waals surface area contributed by atoms with Crippen molar-refractivity contribution in [3.05, 3.63) is 48.2 Å². The Morgan fingerprint density at radius 2 is 1.93 bits per heavy atom. The van der Waals surface area contributed by atoms with E-state index in [0.717, 1.165) is 30.5 Å². The first kappa shape index (κ1) is 19.8. The van der Waals surface area contributed by atoms with E-state index in [-0.39, 0.29) is 30.1 Å². The number of hydrogen-bond acceptors (Lipinski definition) is 5. The number of hydrogen-bond donors (Lipinski definition) is 0. The molecule has 2 aliphatic heterocycles. The van der Waals surface area contributed by atoms with E-state index in [1.807, 2.05) is 47.9 Å². The van der Waals surface area contributed by atoms with Crippen LogP contribution >= 0.6 is 0 Å². The van der Waals surface area contributed by atoms with Crippen LogP contribution in [0, 0.1) is 6.92 Å². The van der Waals surface area contributed by atoms with E-state index < -0.39 is 10.0 Å². The first-order chi connectivity index (χ1) is 13.9. The molecular formula is C21H26N4O3S. The molecule has 8 heteroatoms. The minimum atomic E-state index is -3.80. The van der Waals surface area contributed by atoms with Crippen LogP contribution in [-0.2, 0) is 14.8 Å². The van der Waals surface area contributed by atoms with Crippen molar-refractivity contribution in [2.75, 3.05) is 24.7 Å². The number of anilines is 2. The molecule has 4 rings (SSSR count). The molecule has 1 unspecified atom stereocenters. The molecule has 1 fully saturated rings. The van der Waals surface area contributed by atoms with Gasteiger partial charge in [-0.3, -0.25) is 4.79 Å². The zero-order valence-corrected chi connectivity index (χ0v) is 17.6. The number of rotatable bonds is 3. The van der Waals surface area contributed by atoms with Crippen molar-refractivity contribution in [3.8, 4) is 0 Å². The molecule has 0 saturated carbocycles. The van der Waals surface area contributed by atoms with Crippen LogP contribution in [0.5, 0.6) is 0 Å². The largest absolute Gasteiger partial charge is 0.339 e. The monoisotopic (exact) mass is 414 g/mol. The van der Waals surface area contributed by atoms with Gasteiger partial charge in [-0.25, -0.2) is 13.4 Å². The third-order valence-corrected chi connectivity index (χ3v) is 7.50. The summed E-state index contributed by atoms with van der Waals surface area (Å²) in [4.78, 5) is 21.1. The normalized spacial score (nSPS) is 21.7. The Hall–Kier alpha value is -2.45. The zero-order chi connectivity index (χ0) is 20.6. The summed E-state index contributed by atoms with van der Waals surface area (Å²) < 4.78 is 27.7. The molecule has 1 saturated heterocycles. The molecule has 1 atom stereocenters. The predicted molar refractivity (Wildman–Crippen MR) is 111 cm³/mol. The molecule has 7 nitrogen and oxygen atoms in total. The molecule has 1 amide bonds. The second kappa shape index (κ2) is 7.76. The summed E-state index contributed by atoms with van der Waals surface area (Å²) in [5, 5.41) is 0. The standard InChI is InChI=1S/C21H26N4O3S/c1-16-8-10-18(11-9-16)25-15-23(14-20(26)24-13-4-3-6-17(24)2)29(27,28)19-7-5-12-22-21(19)25/h5,7-12,17H,3-4,6,13-15H2,1-2H3. The minimum absolute atomic E-state index is 0.0589. The number of nitrogens with zero attached hydrogens (tertiary/aromatic N) is 4. The third kappa shape index (κ3) is 3.74. The van der Waals surface area contributed by atoms with Gasteiger partial charge in [0, 0.05) is 24.5 Å². The first-order valence-electron chi connectivity index (χ1n) is 9.97. The van der Waals surface area contributed by atoms with Gasteiger partial charge in [0.1, 0.15) is 4.90 Å². The fourth-order valence-corrected chi connectivity index (χ4v) is 5.47. The van der Waals surface area contributed by atoms with Gasteiger partial charge in [0.15, 0.2) is 5.82 Å². The lowest BCUT2D eigenvalue weighted by atomic mass is 10.0. The quantitative estimate of drug-likeness (QED) is 0.772. The lowest BCUT2D eigenvalue weighted by molar-refractivity contribution is -0.134. The Balaban J connectivity index is 1.68. The van der Waals surface area contributed by atoms with Gasteiger partial charge in [-0.1, -0.05) is 17.7 Å². The maximum atomic E-state index is 13.2. The zero-order valence-electron chi connectivity index (χ0n) is 16.8. The number of carbonyl (C=O) groups is 1. The summed E-state index contributed by atoms with van der Waals surface area (Å²) in [5.74, 6) is 0.253. The fourth-order valence-electron chi connectivity index (χ4n) is 4.00. The van der Waals surface area contributed by atoms with E-state index in [1.165, 1.54) is 4.31 Å². The van der Waals surface area contributed by atoms with Crippen molar-refractivity contribution in [2.45, 2.75) is 44.0 Å². The molecule has 154 valence electrons. The highest BCUT2D eigenvalue weighted by Crippen LogP contribution is 2.36. The van der Waals surface area contributed by atoms with E-state index in [2.05, 4.69) is 4.98 Å². The van der Waals surface area contributed by atoms with Gasteiger partial charge in [-0.2, -0.15) is 4.31 Å². The van der Waals surface area contributed by atoms with Gasteiger partial charge >= 0.3 is 0 Å². The second-order valence-electron chi connectivity index (χ2n) is 7.78. The van der Waals surface area contributed by atoms with E-state index >= 15 is 0 Å². The van der Waals surface area contributed by atoms with Gasteiger partial charge in [0.2, 0.25) is 15.9 Å². The van der Waals surface area contributed by atoms with Crippen LogP contribution in [0.3, 0.4) is 0 Å². The number of pyridine rings is 1. The number of fused-ring (bicyclic) bond motifs is 1. The molecule has 1 aromatic carbocycles. The Labute approximate surface area is 172 Å². The fraction of sp³-hybridized carbons (Fsp3) is 0.429. The van der Waals surface area contributed by atoms with Gasteiger partial charge in [0.25, 0.3) is 0 Å². The van der Waals surface area contributed by atoms with E-state index in [1.54, 1.807) is 18.3 Å². The molecule has 0 radical (unpaired) electrons. The molecule has 0 N–H and O–H groups in total. The van der Waals surface area contributed by atoms with Crippen molar-refractivity contribution in [1.82, 2.24) is 14.2 Å². The maximum absolute atomic E-state index is 13.2. The van der Waals surface area contributed by atoms with Crippen LogP contribution in [0.2, 0.25) is 0 Å². The summed E-state index contributed by atoms with van der Waals surface area (Å²) in [6, 6.07) is 11.2. The van der Waals surface area contributed by atoms with Crippen LogP contribution < -0.4 is 4.90 Å². The van der Waals surface area contributed by atoms with Gasteiger partial charge in [0.05, 0.1) is 13.2 Å². The summed E-state index contributed by atoms with van der Waals surface area (Å²) >= 11 is 0. The molecule has 2 aliphatic rings. The second-order valence-corrected chi connectivity index (χ2v) is 9.68. The lowest BCUT2D eigenvalue weighted by Crippen LogP contribution is -2.52. The van der Waals surface area contributed by atoms with E-state index in [4.69, 9.17) is 0 Å². The highest BCUT2D eigenvalue weighted by Gasteiger charge is 2.39. The van der Waals surface area contributed by atoms with Crippen molar-refractivity contribution < 1.29 is 13.2 Å². The number of benzene rings is 1. The average Bonchev–Trinajstić information content (AvgIpc) is 2.71. The molecule has 0 bridgehead atoms. The maximum Gasteiger partial charge on any atom is 0.248 e. The molecular weight excluding hydrogens is 388 g/mol. The third-order valence-electron chi connectivity index (χ3n) is 5.70. The highest BCUT2D eigenvalue weighted by atomic mass is 32.2. The van der Waals surface area contributed by atoms with Crippen molar-refractivity contribution in [2.24, 2.45) is 0 Å². The number of likely N-dealkylation sites (tertiary alicyclic amines) is 1. The number of sulfonamides is 1. The Kier molecular flexibility index (Phi) is 5.31. The van der Waals surface area contributed by atoms with Crippen LogP contribution in [0.4, 0.5) is 11.5 Å². The smallest absolute Gasteiger partial charge is 0.248 e. The SMILES string of the molecule is Cc1ccc(N2CN(CC(=O)N3CCCCC3C)S(=O)(=O)c3cccnc32)cc1. The summed E-state index contributed by atoms with van der Waals surface area (Å²) in [5.41, 5.74) is 1.96. The number of carbonyl (C=O) groups excluding carboxylic acids is 1. The van der Waals surface area contributed by atoms with Crippen LogP contribution in [0.1, 0.15) is 31.7 Å². The number of aromatic nitrogens is 1. The van der Waals surface area contributed by atoms with Crippen LogP contribution in [0.15, 0.2) is 47.5 Å². The Morgan fingerprint density at radius 1 is 1.17 bits per heavy atom. The summed E-state index contributed by atoms with van der Waals surface area (Å²) in [6.07, 6.45) is 4.62. The van der Waals surface area contributed by atoms with Crippen molar-refractivity contribution in [1.29, 1.82) is 0 Å². The average molecular weight is 415 g/mol. The molecule has 1 aromatic heterocycles. The van der Waals surface area contributed by atoms with Gasteiger partial charge < -0.3 is 9.80 Å². The van der Waals surface area contributed by atoms with Gasteiger partial charge in [-0.05, 0) is 57.4 Å². The van der Waals surface area contributed by atoms with E-state index in [9.17, 15) is 13.2 Å². The van der Waals surface area contributed by atoms with Crippen molar-refractivity contribution >= 4 is 27.4 Å². The number of piperidine rings is 1. The van der Waals surface area contributed by atoms with E-state index in [0.29, 0.717) is 12.4 Å². The van der Waals surface area contributed by atoms with Gasteiger partial charge in [-0.15, -0.1) is 0 Å². The minimum Gasteiger partial charge on any atom is -0.339 e.